The van der Waals surface area contributed by atoms with Crippen molar-refractivity contribution >= 4 is 5.91 Å². The van der Waals surface area contributed by atoms with Crippen molar-refractivity contribution < 1.29 is 4.79 Å². The summed E-state index contributed by atoms with van der Waals surface area (Å²) in [6, 6.07) is 0. The van der Waals surface area contributed by atoms with Crippen molar-refractivity contribution in [3.05, 3.63) is 12.7 Å². The van der Waals surface area contributed by atoms with Gasteiger partial charge in [0.15, 0.2) is 0 Å². The molecule has 2 aliphatic rings. The van der Waals surface area contributed by atoms with Gasteiger partial charge in [-0.15, -0.1) is 0 Å². The van der Waals surface area contributed by atoms with Gasteiger partial charge in [0.25, 0.3) is 0 Å². The molecule has 2 fully saturated rings. The number of hydrogen-bond donors (Lipinski definition) is 1. The molecule has 0 saturated carbocycles. The lowest BCUT2D eigenvalue weighted by Crippen LogP contribution is -2.42. The zero-order valence-corrected chi connectivity index (χ0v) is 14.2. The molecule has 0 aromatic carbocycles. The lowest BCUT2D eigenvalue weighted by molar-refractivity contribution is -0.134. The Labute approximate surface area is 138 Å². The standard InChI is InChI=1S/C17H29N5O/c1-14(16-4-6-18-7-5-16)9-17(23)21-8-2-3-15(10-21)11-22-13-19-12-20-22/h12-16,18H,2-11H2,1H3. The van der Waals surface area contributed by atoms with Gasteiger partial charge in [0.2, 0.25) is 5.91 Å². The van der Waals surface area contributed by atoms with Crippen LogP contribution in [-0.4, -0.2) is 51.8 Å². The van der Waals surface area contributed by atoms with E-state index < -0.39 is 0 Å². The molecular weight excluding hydrogens is 290 g/mol. The highest BCUT2D eigenvalue weighted by atomic mass is 16.2. The molecule has 1 aromatic rings. The van der Waals surface area contributed by atoms with Crippen LogP contribution in [0.3, 0.4) is 0 Å². The highest BCUT2D eigenvalue weighted by Gasteiger charge is 2.27. The fraction of sp³-hybridized carbons (Fsp3) is 0.824. The van der Waals surface area contributed by atoms with E-state index in [0.717, 1.165) is 39.1 Å². The van der Waals surface area contributed by atoms with Crippen LogP contribution in [0.25, 0.3) is 0 Å². The quantitative estimate of drug-likeness (QED) is 0.894. The minimum Gasteiger partial charge on any atom is -0.342 e. The third kappa shape index (κ3) is 4.53. The van der Waals surface area contributed by atoms with E-state index >= 15 is 0 Å². The number of hydrogen-bond acceptors (Lipinski definition) is 4. The van der Waals surface area contributed by atoms with Crippen LogP contribution >= 0.6 is 0 Å². The monoisotopic (exact) mass is 319 g/mol. The fourth-order valence-corrected chi connectivity index (χ4v) is 4.02. The summed E-state index contributed by atoms with van der Waals surface area (Å²) in [7, 11) is 0. The highest BCUT2D eigenvalue weighted by molar-refractivity contribution is 5.76. The van der Waals surface area contributed by atoms with E-state index in [-0.39, 0.29) is 0 Å². The predicted octanol–water partition coefficient (Wildman–Crippen LogP) is 1.54. The number of rotatable bonds is 5. The maximum atomic E-state index is 12.7. The zero-order valence-electron chi connectivity index (χ0n) is 14.2. The van der Waals surface area contributed by atoms with Gasteiger partial charge in [-0.25, -0.2) is 4.98 Å². The first-order chi connectivity index (χ1) is 11.2. The lowest BCUT2D eigenvalue weighted by Gasteiger charge is -2.34. The molecule has 1 amide bonds. The number of likely N-dealkylation sites (tertiary alicyclic amines) is 1. The third-order valence-electron chi connectivity index (χ3n) is 5.47. The highest BCUT2D eigenvalue weighted by Crippen LogP contribution is 2.26. The van der Waals surface area contributed by atoms with E-state index in [4.69, 9.17) is 0 Å². The van der Waals surface area contributed by atoms with E-state index in [1.165, 1.54) is 19.3 Å². The summed E-state index contributed by atoms with van der Waals surface area (Å²) in [4.78, 5) is 18.8. The summed E-state index contributed by atoms with van der Waals surface area (Å²) in [5, 5.41) is 7.59. The first-order valence-electron chi connectivity index (χ1n) is 9.03. The predicted molar refractivity (Wildman–Crippen MR) is 88.7 cm³/mol. The van der Waals surface area contributed by atoms with Crippen LogP contribution in [0.5, 0.6) is 0 Å². The van der Waals surface area contributed by atoms with E-state index in [1.807, 2.05) is 4.68 Å². The summed E-state index contributed by atoms with van der Waals surface area (Å²) in [6.07, 6.45) is 8.75. The van der Waals surface area contributed by atoms with E-state index in [9.17, 15) is 4.79 Å². The van der Waals surface area contributed by atoms with E-state index in [2.05, 4.69) is 27.2 Å². The van der Waals surface area contributed by atoms with Crippen molar-refractivity contribution in [2.75, 3.05) is 26.2 Å². The largest absolute Gasteiger partial charge is 0.342 e. The number of amides is 1. The summed E-state index contributed by atoms with van der Waals surface area (Å²) in [6.45, 7) is 7.13. The van der Waals surface area contributed by atoms with Crippen molar-refractivity contribution in [2.45, 2.75) is 45.6 Å². The lowest BCUT2D eigenvalue weighted by atomic mass is 9.83. The molecule has 6 heteroatoms. The van der Waals surface area contributed by atoms with Gasteiger partial charge in [0, 0.05) is 26.1 Å². The molecule has 2 aliphatic heterocycles. The third-order valence-corrected chi connectivity index (χ3v) is 5.47. The molecule has 0 spiro atoms. The van der Waals surface area contributed by atoms with E-state index in [1.54, 1.807) is 12.7 Å². The molecule has 3 heterocycles. The van der Waals surface area contributed by atoms with Gasteiger partial charge < -0.3 is 10.2 Å². The molecule has 2 unspecified atom stereocenters. The van der Waals surface area contributed by atoms with Crippen LogP contribution in [0, 0.1) is 17.8 Å². The minimum atomic E-state index is 0.347. The van der Waals surface area contributed by atoms with Crippen LogP contribution in [0.4, 0.5) is 0 Å². The second-order valence-electron chi connectivity index (χ2n) is 7.23. The van der Waals surface area contributed by atoms with Crippen molar-refractivity contribution in [2.24, 2.45) is 17.8 Å². The Kier molecular flexibility index (Phi) is 5.65. The maximum Gasteiger partial charge on any atom is 0.222 e. The van der Waals surface area contributed by atoms with Crippen LogP contribution in [-0.2, 0) is 11.3 Å². The molecule has 1 N–H and O–H groups in total. The summed E-state index contributed by atoms with van der Waals surface area (Å²) in [5.74, 6) is 2.05. The van der Waals surface area contributed by atoms with Gasteiger partial charge >= 0.3 is 0 Å². The number of nitrogens with zero attached hydrogens (tertiary/aromatic N) is 4. The first-order valence-corrected chi connectivity index (χ1v) is 9.03. The van der Waals surface area contributed by atoms with Crippen molar-refractivity contribution in [1.29, 1.82) is 0 Å². The van der Waals surface area contributed by atoms with Gasteiger partial charge in [-0.1, -0.05) is 6.92 Å². The average Bonchev–Trinajstić information content (AvgIpc) is 3.09. The molecule has 2 atom stereocenters. The summed E-state index contributed by atoms with van der Waals surface area (Å²) >= 11 is 0. The van der Waals surface area contributed by atoms with Gasteiger partial charge in [0.05, 0.1) is 0 Å². The van der Waals surface area contributed by atoms with Crippen LogP contribution in [0.2, 0.25) is 0 Å². The molecule has 0 bridgehead atoms. The minimum absolute atomic E-state index is 0.347. The molecule has 23 heavy (non-hydrogen) atoms. The summed E-state index contributed by atoms with van der Waals surface area (Å²) in [5.41, 5.74) is 0. The Morgan fingerprint density at radius 2 is 2.17 bits per heavy atom. The number of carbonyl (C=O) groups excluding carboxylic acids is 1. The number of carbonyl (C=O) groups is 1. The van der Waals surface area contributed by atoms with Gasteiger partial charge in [0.1, 0.15) is 12.7 Å². The maximum absolute atomic E-state index is 12.7. The molecule has 0 radical (unpaired) electrons. The number of piperidine rings is 2. The molecule has 3 rings (SSSR count). The average molecular weight is 319 g/mol. The number of aromatic nitrogens is 3. The fourth-order valence-electron chi connectivity index (χ4n) is 4.02. The Bertz CT molecular complexity index is 483. The Balaban J connectivity index is 1.48. The van der Waals surface area contributed by atoms with Gasteiger partial charge in [-0.05, 0) is 56.5 Å². The molecule has 1 aromatic heterocycles. The van der Waals surface area contributed by atoms with Crippen LogP contribution in [0.15, 0.2) is 12.7 Å². The Hall–Kier alpha value is -1.43. The summed E-state index contributed by atoms with van der Waals surface area (Å²) < 4.78 is 1.89. The molecular formula is C17H29N5O. The molecule has 128 valence electrons. The normalized spacial score (nSPS) is 24.6. The Morgan fingerprint density at radius 3 is 2.91 bits per heavy atom. The van der Waals surface area contributed by atoms with E-state index in [0.29, 0.717) is 30.1 Å². The van der Waals surface area contributed by atoms with Crippen LogP contribution in [0.1, 0.15) is 39.0 Å². The second kappa shape index (κ2) is 7.90. The Morgan fingerprint density at radius 1 is 1.35 bits per heavy atom. The SMILES string of the molecule is CC(CC(=O)N1CCCC(Cn2cncn2)C1)C1CCNCC1. The van der Waals surface area contributed by atoms with Crippen molar-refractivity contribution in [3.8, 4) is 0 Å². The van der Waals surface area contributed by atoms with Crippen molar-refractivity contribution in [1.82, 2.24) is 25.0 Å². The van der Waals surface area contributed by atoms with Crippen molar-refractivity contribution in [3.63, 3.8) is 0 Å². The molecule has 6 nitrogen and oxygen atoms in total. The first kappa shape index (κ1) is 16.4. The number of nitrogens with one attached hydrogen (secondary N) is 1. The van der Waals surface area contributed by atoms with Crippen LogP contribution < -0.4 is 5.32 Å². The smallest absolute Gasteiger partial charge is 0.222 e. The van der Waals surface area contributed by atoms with Gasteiger partial charge in [-0.2, -0.15) is 5.10 Å². The zero-order chi connectivity index (χ0) is 16.1. The molecule has 2 saturated heterocycles. The molecule has 0 aliphatic carbocycles. The second-order valence-corrected chi connectivity index (χ2v) is 7.23. The topological polar surface area (TPSA) is 63.1 Å². The van der Waals surface area contributed by atoms with Gasteiger partial charge in [-0.3, -0.25) is 9.48 Å².